The van der Waals surface area contributed by atoms with E-state index in [9.17, 15) is 0 Å². The molecule has 1 aliphatic heterocycles. The minimum atomic E-state index is -0.307. The van der Waals surface area contributed by atoms with E-state index in [2.05, 4.69) is 25.9 Å². The SMILES string of the molecule is CC1=C2CC3(CC[C@]2(C)[C@H]2CC[C@]4(C)C(=NN)CC[C@H]4[C@@H]2C1)OCCO3. The van der Waals surface area contributed by atoms with Crippen molar-refractivity contribution in [3.05, 3.63) is 11.1 Å². The van der Waals surface area contributed by atoms with E-state index in [0.717, 1.165) is 50.2 Å². The molecule has 2 N–H and O–H groups in total. The lowest BCUT2D eigenvalue weighted by atomic mass is 9.46. The normalized spacial score (nSPS) is 48.6. The summed E-state index contributed by atoms with van der Waals surface area (Å²) in [5.41, 5.74) is 5.15. The Kier molecular flexibility index (Phi) is 3.70. The Morgan fingerprint density at radius 3 is 2.46 bits per heavy atom. The van der Waals surface area contributed by atoms with Gasteiger partial charge in [-0.2, -0.15) is 5.10 Å². The van der Waals surface area contributed by atoms with E-state index in [-0.39, 0.29) is 11.2 Å². The van der Waals surface area contributed by atoms with Crippen molar-refractivity contribution >= 4 is 5.71 Å². The molecule has 4 fully saturated rings. The number of nitrogens with two attached hydrogens (primary N) is 1. The van der Waals surface area contributed by atoms with E-state index in [4.69, 9.17) is 15.3 Å². The highest BCUT2D eigenvalue weighted by Crippen LogP contribution is 2.66. The second kappa shape index (κ2) is 5.57. The van der Waals surface area contributed by atoms with Crippen LogP contribution in [0.3, 0.4) is 0 Å². The Morgan fingerprint density at radius 1 is 1.00 bits per heavy atom. The fourth-order valence-corrected chi connectivity index (χ4v) is 7.79. The minimum Gasteiger partial charge on any atom is -0.347 e. The van der Waals surface area contributed by atoms with Gasteiger partial charge in [0.05, 0.1) is 13.2 Å². The van der Waals surface area contributed by atoms with Crippen LogP contribution < -0.4 is 5.84 Å². The largest absolute Gasteiger partial charge is 0.347 e. The first kappa shape index (κ1) is 17.2. The second-order valence-corrected chi connectivity index (χ2v) is 10.1. The third kappa shape index (κ3) is 2.12. The Hall–Kier alpha value is -0.870. The van der Waals surface area contributed by atoms with Crippen LogP contribution in [0.2, 0.25) is 0 Å². The van der Waals surface area contributed by atoms with Crippen LogP contribution in [0.5, 0.6) is 0 Å². The van der Waals surface area contributed by atoms with Gasteiger partial charge in [0.1, 0.15) is 0 Å². The summed E-state index contributed by atoms with van der Waals surface area (Å²) in [7, 11) is 0. The average Bonchev–Trinajstić information content (AvgIpc) is 3.21. The summed E-state index contributed by atoms with van der Waals surface area (Å²) in [6.07, 6.45) is 9.48. The molecule has 5 rings (SSSR count). The van der Waals surface area contributed by atoms with Gasteiger partial charge in [-0.3, -0.25) is 0 Å². The zero-order valence-electron chi connectivity index (χ0n) is 16.6. The fraction of sp³-hybridized carbons (Fsp3) is 0.864. The van der Waals surface area contributed by atoms with Gasteiger partial charge in [-0.05, 0) is 68.6 Å². The second-order valence-electron chi connectivity index (χ2n) is 10.1. The molecule has 4 heteroatoms. The summed E-state index contributed by atoms with van der Waals surface area (Å²) < 4.78 is 12.2. The molecule has 0 aromatic carbocycles. The fourth-order valence-electron chi connectivity index (χ4n) is 7.79. The Morgan fingerprint density at radius 2 is 1.73 bits per heavy atom. The molecule has 0 aromatic heterocycles. The van der Waals surface area contributed by atoms with Gasteiger partial charge in [0.2, 0.25) is 0 Å². The van der Waals surface area contributed by atoms with Crippen molar-refractivity contribution in [2.24, 2.45) is 39.5 Å². The molecule has 4 aliphatic carbocycles. The molecule has 1 spiro atoms. The van der Waals surface area contributed by atoms with Crippen molar-refractivity contribution in [2.75, 3.05) is 13.2 Å². The lowest BCUT2D eigenvalue weighted by molar-refractivity contribution is -0.185. The third-order valence-electron chi connectivity index (χ3n) is 9.18. The van der Waals surface area contributed by atoms with Gasteiger partial charge >= 0.3 is 0 Å². The number of ether oxygens (including phenoxy) is 2. The first-order valence-corrected chi connectivity index (χ1v) is 10.7. The number of hydrogen-bond acceptors (Lipinski definition) is 4. The maximum atomic E-state index is 6.09. The number of fused-ring (bicyclic) bond motifs is 5. The van der Waals surface area contributed by atoms with E-state index >= 15 is 0 Å². The lowest BCUT2D eigenvalue weighted by Crippen LogP contribution is -2.53. The Balaban J connectivity index is 1.51. The zero-order valence-corrected chi connectivity index (χ0v) is 16.6. The minimum absolute atomic E-state index is 0.248. The summed E-state index contributed by atoms with van der Waals surface area (Å²) in [4.78, 5) is 0. The van der Waals surface area contributed by atoms with Gasteiger partial charge in [0.15, 0.2) is 5.79 Å². The first-order valence-electron chi connectivity index (χ1n) is 10.7. The highest BCUT2D eigenvalue weighted by Gasteiger charge is 2.60. The molecule has 144 valence electrons. The van der Waals surface area contributed by atoms with Crippen molar-refractivity contribution in [1.29, 1.82) is 0 Å². The number of hydrogen-bond donors (Lipinski definition) is 1. The molecule has 0 amide bonds. The van der Waals surface area contributed by atoms with Crippen molar-refractivity contribution in [3.8, 4) is 0 Å². The average molecular weight is 359 g/mol. The molecular formula is C22H34N2O2. The molecule has 1 saturated heterocycles. The Labute approximate surface area is 157 Å². The summed E-state index contributed by atoms with van der Waals surface area (Å²) in [6, 6.07) is 0. The molecule has 5 atom stereocenters. The topological polar surface area (TPSA) is 56.8 Å². The smallest absolute Gasteiger partial charge is 0.172 e. The molecule has 5 aliphatic rings. The third-order valence-corrected chi connectivity index (χ3v) is 9.18. The zero-order chi connectivity index (χ0) is 18.2. The molecule has 0 radical (unpaired) electrons. The predicted molar refractivity (Wildman–Crippen MR) is 103 cm³/mol. The van der Waals surface area contributed by atoms with Gasteiger partial charge in [0.25, 0.3) is 0 Å². The van der Waals surface area contributed by atoms with Crippen molar-refractivity contribution < 1.29 is 9.47 Å². The van der Waals surface area contributed by atoms with Crippen molar-refractivity contribution in [3.63, 3.8) is 0 Å². The van der Waals surface area contributed by atoms with Crippen LogP contribution in [0.15, 0.2) is 16.2 Å². The molecule has 0 unspecified atom stereocenters. The molecule has 4 nitrogen and oxygen atoms in total. The van der Waals surface area contributed by atoms with Gasteiger partial charge in [-0.15, -0.1) is 0 Å². The van der Waals surface area contributed by atoms with E-state index in [1.54, 1.807) is 11.1 Å². The number of allylic oxidation sites excluding steroid dienone is 1. The first-order chi connectivity index (χ1) is 12.4. The number of hydrazone groups is 1. The van der Waals surface area contributed by atoms with E-state index in [1.807, 2.05) is 0 Å². The van der Waals surface area contributed by atoms with Crippen molar-refractivity contribution in [1.82, 2.24) is 0 Å². The van der Waals surface area contributed by atoms with Crippen LogP contribution >= 0.6 is 0 Å². The van der Waals surface area contributed by atoms with Gasteiger partial charge in [-0.1, -0.05) is 25.0 Å². The van der Waals surface area contributed by atoms with Crippen LogP contribution in [-0.2, 0) is 9.47 Å². The maximum Gasteiger partial charge on any atom is 0.172 e. The van der Waals surface area contributed by atoms with E-state index in [0.29, 0.717) is 5.41 Å². The van der Waals surface area contributed by atoms with E-state index in [1.165, 1.54) is 37.8 Å². The van der Waals surface area contributed by atoms with Crippen LogP contribution in [0.1, 0.15) is 72.1 Å². The summed E-state index contributed by atoms with van der Waals surface area (Å²) in [5.74, 6) is 7.81. The van der Waals surface area contributed by atoms with Crippen LogP contribution in [0.4, 0.5) is 0 Å². The molecule has 26 heavy (non-hydrogen) atoms. The van der Waals surface area contributed by atoms with Crippen LogP contribution in [-0.4, -0.2) is 24.7 Å². The molecule has 0 bridgehead atoms. The summed E-state index contributed by atoms with van der Waals surface area (Å²) in [6.45, 7) is 8.91. The standard InChI is InChI=1S/C22H34N2O2/c1-14-12-15-16-4-5-19(24-23)21(16,3)7-6-17(15)20(2)8-9-22(13-18(14)20)25-10-11-26-22/h15-17H,4-13,23H2,1-3H3/t15-,16-,17-,20+,21-/m0/s1. The van der Waals surface area contributed by atoms with E-state index < -0.39 is 0 Å². The highest BCUT2D eigenvalue weighted by molar-refractivity contribution is 5.92. The van der Waals surface area contributed by atoms with Gasteiger partial charge in [0, 0.05) is 24.0 Å². The molecular weight excluding hydrogens is 324 g/mol. The van der Waals surface area contributed by atoms with Gasteiger partial charge in [-0.25, -0.2) is 0 Å². The maximum absolute atomic E-state index is 6.09. The Bertz CT molecular complexity index is 678. The summed E-state index contributed by atoms with van der Waals surface area (Å²) >= 11 is 0. The predicted octanol–water partition coefficient (Wildman–Crippen LogP) is 4.40. The highest BCUT2D eigenvalue weighted by atomic mass is 16.7. The number of rotatable bonds is 0. The number of nitrogens with zero attached hydrogens (tertiary/aromatic N) is 1. The molecule has 0 aromatic rings. The lowest BCUT2D eigenvalue weighted by Gasteiger charge is -2.59. The summed E-state index contributed by atoms with van der Waals surface area (Å²) in [5, 5.41) is 4.22. The van der Waals surface area contributed by atoms with Crippen molar-refractivity contribution in [2.45, 2.75) is 77.9 Å². The monoisotopic (exact) mass is 358 g/mol. The van der Waals surface area contributed by atoms with Crippen LogP contribution in [0.25, 0.3) is 0 Å². The van der Waals surface area contributed by atoms with Gasteiger partial charge < -0.3 is 15.3 Å². The van der Waals surface area contributed by atoms with Crippen LogP contribution in [0, 0.1) is 28.6 Å². The quantitative estimate of drug-likeness (QED) is 0.397. The molecule has 3 saturated carbocycles. The molecule has 1 heterocycles.